The average Bonchev–Trinajstić information content (AvgIpc) is 2.54. The minimum atomic E-state index is -0.326. The lowest BCUT2D eigenvalue weighted by Gasteiger charge is -2.36. The second-order valence-corrected chi connectivity index (χ2v) is 6.24. The average molecular weight is 305 g/mol. The van der Waals surface area contributed by atoms with Crippen molar-refractivity contribution in [1.82, 2.24) is 4.90 Å². The maximum absolute atomic E-state index is 9.81. The van der Waals surface area contributed by atoms with E-state index in [2.05, 4.69) is 37.2 Å². The Labute approximate surface area is 133 Å². The summed E-state index contributed by atoms with van der Waals surface area (Å²) in [4.78, 5) is 2.20. The molecule has 0 fully saturated rings. The van der Waals surface area contributed by atoms with Crippen LogP contribution in [0.2, 0.25) is 0 Å². The minimum Gasteiger partial charge on any atom is -0.493 e. The first kappa shape index (κ1) is 16.8. The van der Waals surface area contributed by atoms with E-state index in [-0.39, 0.29) is 11.5 Å². The maximum Gasteiger partial charge on any atom is 0.161 e. The maximum atomic E-state index is 9.81. The number of benzene rings is 1. The highest BCUT2D eigenvalue weighted by atomic mass is 16.5. The van der Waals surface area contributed by atoms with Gasteiger partial charge < -0.3 is 19.5 Å². The van der Waals surface area contributed by atoms with Crippen LogP contribution >= 0.6 is 0 Å². The summed E-state index contributed by atoms with van der Waals surface area (Å²) in [7, 11) is 7.48. The Bertz CT molecular complexity index is 527. The molecular weight excluding hydrogens is 278 g/mol. The highest BCUT2D eigenvalue weighted by Gasteiger charge is 2.33. The molecule has 0 bridgehead atoms. The van der Waals surface area contributed by atoms with Gasteiger partial charge in [0.15, 0.2) is 11.5 Å². The number of hydrogen-bond acceptors (Lipinski definition) is 4. The summed E-state index contributed by atoms with van der Waals surface area (Å²) in [6, 6.07) is 6.14. The summed E-state index contributed by atoms with van der Waals surface area (Å²) >= 11 is 0. The molecule has 1 aliphatic carbocycles. The summed E-state index contributed by atoms with van der Waals surface area (Å²) in [6.07, 6.45) is 6.51. The fourth-order valence-corrected chi connectivity index (χ4v) is 3.04. The number of aliphatic hydroxyl groups is 1. The van der Waals surface area contributed by atoms with Crippen LogP contribution in [-0.2, 0) is 5.41 Å². The van der Waals surface area contributed by atoms with Gasteiger partial charge in [0.1, 0.15) is 0 Å². The summed E-state index contributed by atoms with van der Waals surface area (Å²) in [5.74, 6) is 1.50. The molecule has 1 aromatic carbocycles. The van der Waals surface area contributed by atoms with Gasteiger partial charge in [0.2, 0.25) is 0 Å². The Hall–Kier alpha value is -1.52. The molecule has 1 aromatic rings. The zero-order valence-electron chi connectivity index (χ0n) is 14.0. The molecule has 2 rings (SSSR count). The summed E-state index contributed by atoms with van der Waals surface area (Å²) in [6.45, 7) is 0.995. The van der Waals surface area contributed by atoms with Gasteiger partial charge in [0.25, 0.3) is 0 Å². The standard InChI is InChI=1S/C18H27NO3/c1-19(2)12-11-18(9-7-15(20)8-10-18)14-5-6-16(21-3)17(13-14)22-4/h5-7,9,13,15,20H,8,10-12H2,1-4H3. The lowest BCUT2D eigenvalue weighted by Crippen LogP contribution is -2.33. The number of rotatable bonds is 6. The van der Waals surface area contributed by atoms with Crippen LogP contribution in [0.1, 0.15) is 24.8 Å². The van der Waals surface area contributed by atoms with E-state index in [1.807, 2.05) is 12.1 Å². The predicted molar refractivity (Wildman–Crippen MR) is 88.8 cm³/mol. The number of hydrogen-bond donors (Lipinski definition) is 1. The molecule has 0 saturated heterocycles. The van der Waals surface area contributed by atoms with Crippen LogP contribution in [0.5, 0.6) is 11.5 Å². The van der Waals surface area contributed by atoms with E-state index >= 15 is 0 Å². The van der Waals surface area contributed by atoms with Crippen molar-refractivity contribution in [2.45, 2.75) is 30.8 Å². The monoisotopic (exact) mass is 305 g/mol. The molecule has 0 aliphatic heterocycles. The van der Waals surface area contributed by atoms with Crippen molar-refractivity contribution < 1.29 is 14.6 Å². The number of ether oxygens (including phenoxy) is 2. The van der Waals surface area contributed by atoms with Gasteiger partial charge in [0.05, 0.1) is 20.3 Å². The third-order valence-electron chi connectivity index (χ3n) is 4.49. The topological polar surface area (TPSA) is 41.9 Å². The Kier molecular flexibility index (Phi) is 5.48. The molecule has 0 radical (unpaired) electrons. The van der Waals surface area contributed by atoms with E-state index in [0.717, 1.165) is 37.3 Å². The van der Waals surface area contributed by atoms with Crippen LogP contribution in [0, 0.1) is 0 Å². The lowest BCUT2D eigenvalue weighted by molar-refractivity contribution is 0.183. The van der Waals surface area contributed by atoms with Crippen molar-refractivity contribution in [2.75, 3.05) is 34.9 Å². The summed E-state index contributed by atoms with van der Waals surface area (Å²) in [5, 5.41) is 9.81. The largest absolute Gasteiger partial charge is 0.493 e. The molecule has 0 saturated carbocycles. The van der Waals surface area contributed by atoms with E-state index in [0.29, 0.717) is 0 Å². The van der Waals surface area contributed by atoms with Crippen LogP contribution in [0.15, 0.2) is 30.4 Å². The van der Waals surface area contributed by atoms with Gasteiger partial charge in [0, 0.05) is 5.41 Å². The van der Waals surface area contributed by atoms with E-state index in [1.54, 1.807) is 14.2 Å². The molecule has 1 aliphatic rings. The Morgan fingerprint density at radius 3 is 2.50 bits per heavy atom. The van der Waals surface area contributed by atoms with E-state index in [1.165, 1.54) is 5.56 Å². The zero-order chi connectivity index (χ0) is 16.2. The molecule has 2 unspecified atom stereocenters. The first-order valence-corrected chi connectivity index (χ1v) is 7.75. The van der Waals surface area contributed by atoms with Gasteiger partial charge >= 0.3 is 0 Å². The third-order valence-corrected chi connectivity index (χ3v) is 4.49. The molecule has 0 spiro atoms. The fraction of sp³-hybridized carbons (Fsp3) is 0.556. The second kappa shape index (κ2) is 7.16. The number of allylic oxidation sites excluding steroid dienone is 1. The van der Waals surface area contributed by atoms with Gasteiger partial charge in [-0.3, -0.25) is 0 Å². The molecule has 22 heavy (non-hydrogen) atoms. The smallest absolute Gasteiger partial charge is 0.161 e. The normalized spacial score (nSPS) is 24.5. The highest BCUT2D eigenvalue weighted by Crippen LogP contribution is 2.41. The summed E-state index contributed by atoms with van der Waals surface area (Å²) in [5.41, 5.74) is 1.17. The molecule has 4 nitrogen and oxygen atoms in total. The Morgan fingerprint density at radius 1 is 1.23 bits per heavy atom. The van der Waals surface area contributed by atoms with E-state index < -0.39 is 0 Å². The molecule has 0 aromatic heterocycles. The number of aliphatic hydroxyl groups excluding tert-OH is 1. The number of methoxy groups -OCH3 is 2. The molecule has 122 valence electrons. The van der Waals surface area contributed by atoms with Gasteiger partial charge in [-0.05, 0) is 57.6 Å². The van der Waals surface area contributed by atoms with Gasteiger partial charge in [-0.15, -0.1) is 0 Å². The van der Waals surface area contributed by atoms with Crippen molar-refractivity contribution in [3.05, 3.63) is 35.9 Å². The van der Waals surface area contributed by atoms with Crippen molar-refractivity contribution in [3.8, 4) is 11.5 Å². The van der Waals surface area contributed by atoms with Crippen LogP contribution in [0.4, 0.5) is 0 Å². The fourth-order valence-electron chi connectivity index (χ4n) is 3.04. The predicted octanol–water partition coefficient (Wildman–Crippen LogP) is 2.60. The first-order valence-electron chi connectivity index (χ1n) is 7.75. The van der Waals surface area contributed by atoms with E-state index in [9.17, 15) is 5.11 Å². The molecule has 4 heteroatoms. The molecular formula is C18H27NO3. The van der Waals surface area contributed by atoms with Gasteiger partial charge in [-0.1, -0.05) is 18.2 Å². The van der Waals surface area contributed by atoms with Crippen LogP contribution < -0.4 is 9.47 Å². The quantitative estimate of drug-likeness (QED) is 0.820. The Balaban J connectivity index is 2.38. The van der Waals surface area contributed by atoms with Crippen molar-refractivity contribution in [3.63, 3.8) is 0 Å². The van der Waals surface area contributed by atoms with Gasteiger partial charge in [-0.2, -0.15) is 0 Å². The summed E-state index contributed by atoms with van der Waals surface area (Å²) < 4.78 is 10.8. The molecule has 2 atom stereocenters. The second-order valence-electron chi connectivity index (χ2n) is 6.24. The molecule has 0 heterocycles. The third kappa shape index (κ3) is 3.62. The Morgan fingerprint density at radius 2 is 1.95 bits per heavy atom. The minimum absolute atomic E-state index is 0.0525. The molecule has 1 N–H and O–H groups in total. The van der Waals surface area contributed by atoms with Gasteiger partial charge in [-0.25, -0.2) is 0 Å². The van der Waals surface area contributed by atoms with E-state index in [4.69, 9.17) is 9.47 Å². The lowest BCUT2D eigenvalue weighted by atomic mass is 9.70. The highest BCUT2D eigenvalue weighted by molar-refractivity contribution is 5.47. The van der Waals surface area contributed by atoms with Crippen molar-refractivity contribution in [1.29, 1.82) is 0 Å². The van der Waals surface area contributed by atoms with Crippen molar-refractivity contribution >= 4 is 0 Å². The van der Waals surface area contributed by atoms with Crippen LogP contribution in [0.3, 0.4) is 0 Å². The van der Waals surface area contributed by atoms with Crippen LogP contribution in [-0.4, -0.2) is 51.0 Å². The molecule has 0 amide bonds. The van der Waals surface area contributed by atoms with Crippen LogP contribution in [0.25, 0.3) is 0 Å². The first-order chi connectivity index (χ1) is 10.5. The zero-order valence-corrected chi connectivity index (χ0v) is 14.0. The number of nitrogens with zero attached hydrogens (tertiary/aromatic N) is 1. The SMILES string of the molecule is COc1ccc(C2(CCN(C)C)C=CC(O)CC2)cc1OC. The van der Waals surface area contributed by atoms with Crippen molar-refractivity contribution in [2.24, 2.45) is 0 Å².